The Kier molecular flexibility index (Phi) is 4.19. The Balaban J connectivity index is 2.02. The predicted octanol–water partition coefficient (Wildman–Crippen LogP) is 2.56. The van der Waals surface area contributed by atoms with Gasteiger partial charge in [-0.2, -0.15) is 0 Å². The molecule has 0 aromatic heterocycles. The summed E-state index contributed by atoms with van der Waals surface area (Å²) in [4.78, 5) is 13.7. The summed E-state index contributed by atoms with van der Waals surface area (Å²) in [6.45, 7) is 4.53. The molecule has 1 aromatic carbocycles. The zero-order valence-electron chi connectivity index (χ0n) is 12.7. The normalized spacial score (nSPS) is 21.1. The maximum atomic E-state index is 11.7. The molecule has 0 radical (unpaired) electrons. The highest BCUT2D eigenvalue weighted by atomic mass is 35.5. The molecular weight excluding hydrogens is 302 g/mol. The fraction of sp³-hybridized carbons (Fsp3) is 0.562. The molecule has 0 bridgehead atoms. The van der Waals surface area contributed by atoms with Crippen LogP contribution >= 0.6 is 11.6 Å². The first-order valence-electron chi connectivity index (χ1n) is 7.82. The molecule has 0 aliphatic carbocycles. The monoisotopic (exact) mass is 323 g/mol. The number of fused-ring (bicyclic) bond motifs is 1. The number of nitrogens with zero attached hydrogens (tertiary/aromatic N) is 1. The number of halogens is 1. The van der Waals surface area contributed by atoms with Crippen LogP contribution in [0.4, 0.5) is 11.4 Å². The van der Waals surface area contributed by atoms with E-state index in [1.54, 1.807) is 0 Å². The van der Waals surface area contributed by atoms with E-state index in [2.05, 4.69) is 10.6 Å². The molecule has 1 aromatic rings. The van der Waals surface area contributed by atoms with E-state index >= 15 is 0 Å². The van der Waals surface area contributed by atoms with Crippen LogP contribution in [0.1, 0.15) is 26.2 Å². The number of hydrogen-bond acceptors (Lipinski definition) is 4. The molecule has 6 heteroatoms. The average molecular weight is 324 g/mol. The van der Waals surface area contributed by atoms with Crippen molar-refractivity contribution in [3.05, 3.63) is 23.2 Å². The first-order chi connectivity index (χ1) is 10.5. The van der Waals surface area contributed by atoms with Crippen LogP contribution < -0.4 is 15.5 Å². The molecule has 3 N–H and O–H groups in total. The molecular formula is C16H22ClN3O2. The third-order valence-electron chi connectivity index (χ3n) is 4.75. The number of hydrogen-bond donors (Lipinski definition) is 3. The molecule has 120 valence electrons. The molecule has 3 rings (SSSR count). The second-order valence-electron chi connectivity index (χ2n) is 6.21. The highest BCUT2D eigenvalue weighted by Gasteiger charge is 2.41. The largest absolute Gasteiger partial charge is 0.480 e. The van der Waals surface area contributed by atoms with Crippen LogP contribution in [-0.4, -0.2) is 42.3 Å². The number of carbonyl (C=O) groups is 1. The number of anilines is 2. The molecule has 1 fully saturated rings. The van der Waals surface area contributed by atoms with E-state index in [9.17, 15) is 9.90 Å². The van der Waals surface area contributed by atoms with Gasteiger partial charge in [0.2, 0.25) is 0 Å². The van der Waals surface area contributed by atoms with Crippen LogP contribution in [0.2, 0.25) is 5.02 Å². The van der Waals surface area contributed by atoms with Crippen LogP contribution in [-0.2, 0) is 4.79 Å². The van der Waals surface area contributed by atoms with Crippen LogP contribution in [0.5, 0.6) is 0 Å². The van der Waals surface area contributed by atoms with Gasteiger partial charge in [-0.15, -0.1) is 0 Å². The third kappa shape index (κ3) is 2.75. The molecule has 22 heavy (non-hydrogen) atoms. The van der Waals surface area contributed by atoms with Crippen molar-refractivity contribution in [1.82, 2.24) is 5.32 Å². The first-order valence-corrected chi connectivity index (χ1v) is 8.20. The van der Waals surface area contributed by atoms with Crippen LogP contribution in [0.25, 0.3) is 0 Å². The summed E-state index contributed by atoms with van der Waals surface area (Å²) in [7, 11) is 0. The Labute approximate surface area is 135 Å². The summed E-state index contributed by atoms with van der Waals surface area (Å²) in [6, 6.07) is 5.14. The highest BCUT2D eigenvalue weighted by Crippen LogP contribution is 2.40. The van der Waals surface area contributed by atoms with Crippen molar-refractivity contribution >= 4 is 28.9 Å². The Bertz CT molecular complexity index is 573. The zero-order valence-corrected chi connectivity index (χ0v) is 13.5. The first kappa shape index (κ1) is 15.4. The summed E-state index contributed by atoms with van der Waals surface area (Å²) >= 11 is 6.14. The van der Waals surface area contributed by atoms with E-state index < -0.39 is 12.0 Å². The number of benzene rings is 1. The number of carboxylic acids is 1. The zero-order chi connectivity index (χ0) is 15.7. The molecule has 0 saturated carbocycles. The van der Waals surface area contributed by atoms with Crippen molar-refractivity contribution in [3.8, 4) is 0 Å². The number of aliphatic carboxylic acids is 1. The smallest absolute Gasteiger partial charge is 0.326 e. The molecule has 0 amide bonds. The van der Waals surface area contributed by atoms with Gasteiger partial charge in [0, 0.05) is 11.6 Å². The van der Waals surface area contributed by atoms with Crippen molar-refractivity contribution in [2.75, 3.05) is 29.9 Å². The van der Waals surface area contributed by atoms with Crippen molar-refractivity contribution < 1.29 is 9.90 Å². The van der Waals surface area contributed by atoms with E-state index in [1.807, 2.05) is 30.0 Å². The lowest BCUT2D eigenvalue weighted by atomic mass is 9.84. The Hall–Kier alpha value is -1.46. The second-order valence-corrected chi connectivity index (χ2v) is 6.64. The maximum absolute atomic E-state index is 11.7. The number of piperidine rings is 1. The van der Waals surface area contributed by atoms with Gasteiger partial charge < -0.3 is 20.6 Å². The molecule has 2 heterocycles. The fourth-order valence-corrected chi connectivity index (χ4v) is 3.76. The van der Waals surface area contributed by atoms with E-state index in [0.29, 0.717) is 18.0 Å². The van der Waals surface area contributed by atoms with E-state index in [0.717, 1.165) is 37.3 Å². The van der Waals surface area contributed by atoms with E-state index in [-0.39, 0.29) is 5.54 Å². The summed E-state index contributed by atoms with van der Waals surface area (Å²) in [5, 5.41) is 17.3. The Morgan fingerprint density at radius 2 is 2.18 bits per heavy atom. The average Bonchev–Trinajstić information content (AvgIpc) is 2.47. The van der Waals surface area contributed by atoms with E-state index in [1.165, 1.54) is 0 Å². The topological polar surface area (TPSA) is 64.6 Å². The van der Waals surface area contributed by atoms with Gasteiger partial charge in [0.05, 0.1) is 16.9 Å². The number of carboxylic acid groups (broad SMARTS) is 1. The predicted molar refractivity (Wildman–Crippen MR) is 89.0 cm³/mol. The summed E-state index contributed by atoms with van der Waals surface area (Å²) in [5.41, 5.74) is 1.80. The lowest BCUT2D eigenvalue weighted by Crippen LogP contribution is -2.60. The minimum atomic E-state index is -0.769. The van der Waals surface area contributed by atoms with Crippen molar-refractivity contribution in [3.63, 3.8) is 0 Å². The Morgan fingerprint density at radius 1 is 1.45 bits per heavy atom. The van der Waals surface area contributed by atoms with Crippen molar-refractivity contribution in [2.45, 2.75) is 37.8 Å². The third-order valence-corrected chi connectivity index (χ3v) is 4.98. The quantitative estimate of drug-likeness (QED) is 0.798. The molecule has 1 spiro atoms. The Morgan fingerprint density at radius 3 is 2.82 bits per heavy atom. The van der Waals surface area contributed by atoms with Gasteiger partial charge in [-0.25, -0.2) is 4.79 Å². The summed E-state index contributed by atoms with van der Waals surface area (Å²) < 4.78 is 0. The molecule has 1 saturated heterocycles. The van der Waals surface area contributed by atoms with Crippen molar-refractivity contribution in [2.24, 2.45) is 0 Å². The maximum Gasteiger partial charge on any atom is 0.326 e. The fourth-order valence-electron chi connectivity index (χ4n) is 3.59. The number of rotatable bonds is 3. The lowest BCUT2D eigenvalue weighted by Gasteiger charge is -2.49. The molecule has 1 atom stereocenters. The minimum Gasteiger partial charge on any atom is -0.480 e. The van der Waals surface area contributed by atoms with Gasteiger partial charge in [0.25, 0.3) is 0 Å². The van der Waals surface area contributed by atoms with Gasteiger partial charge in [-0.3, -0.25) is 0 Å². The van der Waals surface area contributed by atoms with Crippen molar-refractivity contribution in [1.29, 1.82) is 0 Å². The molecule has 2 aliphatic heterocycles. The SMILES string of the molecule is CCC(C(=O)O)N1CC2(CCNCC2)Nc2cc(Cl)ccc21. The molecule has 5 nitrogen and oxygen atoms in total. The second kappa shape index (κ2) is 5.97. The van der Waals surface area contributed by atoms with Crippen LogP contribution in [0, 0.1) is 0 Å². The lowest BCUT2D eigenvalue weighted by molar-refractivity contribution is -0.138. The molecule has 2 aliphatic rings. The van der Waals surface area contributed by atoms with Gasteiger partial charge in [-0.05, 0) is 50.6 Å². The summed E-state index contributed by atoms with van der Waals surface area (Å²) in [5.74, 6) is -0.769. The van der Waals surface area contributed by atoms with Crippen LogP contribution in [0.3, 0.4) is 0 Å². The van der Waals surface area contributed by atoms with Gasteiger partial charge in [0.1, 0.15) is 6.04 Å². The molecule has 1 unspecified atom stereocenters. The minimum absolute atomic E-state index is 0.0776. The van der Waals surface area contributed by atoms with Gasteiger partial charge >= 0.3 is 5.97 Å². The summed E-state index contributed by atoms with van der Waals surface area (Å²) in [6.07, 6.45) is 2.53. The van der Waals surface area contributed by atoms with Gasteiger partial charge in [0.15, 0.2) is 0 Å². The van der Waals surface area contributed by atoms with Crippen LogP contribution in [0.15, 0.2) is 18.2 Å². The van der Waals surface area contributed by atoms with E-state index in [4.69, 9.17) is 11.6 Å². The standard InChI is InChI=1S/C16H22ClN3O2/c1-2-13(15(21)22)20-10-16(5-7-18-8-6-16)19-12-9-11(17)3-4-14(12)20/h3-4,9,13,18-19H,2,5-8,10H2,1H3,(H,21,22). The highest BCUT2D eigenvalue weighted by molar-refractivity contribution is 6.31. The number of nitrogens with one attached hydrogen (secondary N) is 2. The van der Waals surface area contributed by atoms with Gasteiger partial charge in [-0.1, -0.05) is 18.5 Å².